The van der Waals surface area contributed by atoms with Gasteiger partial charge in [0.25, 0.3) is 0 Å². The van der Waals surface area contributed by atoms with Gasteiger partial charge in [0.1, 0.15) is 0 Å². The molecule has 0 spiro atoms. The number of aryl methyl sites for hydroxylation is 2. The Morgan fingerprint density at radius 1 is 0.950 bits per heavy atom. The van der Waals surface area contributed by atoms with Crippen molar-refractivity contribution in [1.82, 2.24) is 4.57 Å². The van der Waals surface area contributed by atoms with E-state index in [1.165, 1.54) is 27.6 Å². The van der Waals surface area contributed by atoms with Gasteiger partial charge >= 0.3 is 0 Å². The molecular formula is C18H15NO. The van der Waals surface area contributed by atoms with Crippen LogP contribution in [0.1, 0.15) is 22.8 Å². The molecule has 20 heavy (non-hydrogen) atoms. The van der Waals surface area contributed by atoms with E-state index in [1.54, 1.807) is 11.5 Å². The lowest BCUT2D eigenvalue weighted by Crippen LogP contribution is -2.03. The zero-order valence-electron chi connectivity index (χ0n) is 11.4. The van der Waals surface area contributed by atoms with Crippen molar-refractivity contribution < 1.29 is 4.79 Å². The average Bonchev–Trinajstić information content (AvgIpc) is 2.77. The molecule has 0 bridgehead atoms. The quantitative estimate of drug-likeness (QED) is 0.598. The van der Waals surface area contributed by atoms with Crippen molar-refractivity contribution in [2.45, 2.75) is 19.8 Å². The minimum absolute atomic E-state index is 0.0662. The first-order chi connectivity index (χ1) is 9.75. The predicted octanol–water partition coefficient (Wildman–Crippen LogP) is 4.07. The SMILES string of the molecule is CC(=O)n1cc2c3c(cccc31)CCc1ccccc1-2. The van der Waals surface area contributed by atoms with Crippen LogP contribution in [0.2, 0.25) is 0 Å². The van der Waals surface area contributed by atoms with E-state index in [-0.39, 0.29) is 5.91 Å². The molecule has 1 aromatic heterocycles. The summed E-state index contributed by atoms with van der Waals surface area (Å²) in [6.07, 6.45) is 4.09. The van der Waals surface area contributed by atoms with E-state index >= 15 is 0 Å². The lowest BCUT2D eigenvalue weighted by Gasteiger charge is -2.05. The molecule has 3 aromatic rings. The third kappa shape index (κ3) is 1.48. The first-order valence-electron chi connectivity index (χ1n) is 6.98. The zero-order valence-corrected chi connectivity index (χ0v) is 11.4. The molecule has 2 nitrogen and oxygen atoms in total. The first-order valence-corrected chi connectivity index (χ1v) is 6.98. The minimum Gasteiger partial charge on any atom is -0.287 e. The van der Waals surface area contributed by atoms with Crippen LogP contribution in [-0.4, -0.2) is 10.5 Å². The van der Waals surface area contributed by atoms with Crippen molar-refractivity contribution in [2.24, 2.45) is 0 Å². The molecule has 0 fully saturated rings. The Hall–Kier alpha value is -2.35. The van der Waals surface area contributed by atoms with Crippen molar-refractivity contribution in [3.05, 3.63) is 59.8 Å². The summed E-state index contributed by atoms with van der Waals surface area (Å²) in [7, 11) is 0. The lowest BCUT2D eigenvalue weighted by molar-refractivity contribution is 0.0942. The van der Waals surface area contributed by atoms with Gasteiger partial charge in [0, 0.05) is 24.1 Å². The van der Waals surface area contributed by atoms with E-state index in [0.717, 1.165) is 18.4 Å². The van der Waals surface area contributed by atoms with E-state index in [9.17, 15) is 4.79 Å². The van der Waals surface area contributed by atoms with Crippen molar-refractivity contribution >= 4 is 16.8 Å². The Balaban J connectivity index is 2.16. The molecule has 0 amide bonds. The van der Waals surface area contributed by atoms with E-state index in [2.05, 4.69) is 36.4 Å². The van der Waals surface area contributed by atoms with Crippen molar-refractivity contribution in [3.63, 3.8) is 0 Å². The van der Waals surface area contributed by atoms with Crippen LogP contribution in [0.3, 0.4) is 0 Å². The van der Waals surface area contributed by atoms with E-state index < -0.39 is 0 Å². The van der Waals surface area contributed by atoms with Gasteiger partial charge in [-0.15, -0.1) is 0 Å². The number of aromatic nitrogens is 1. The highest BCUT2D eigenvalue weighted by molar-refractivity contribution is 6.04. The molecule has 1 aliphatic rings. The summed E-state index contributed by atoms with van der Waals surface area (Å²) in [6, 6.07) is 14.8. The smallest absolute Gasteiger partial charge is 0.227 e. The standard InChI is InChI=1S/C18H15NO/c1-12(20)19-11-16-15-7-3-2-5-13(15)9-10-14-6-4-8-17(19)18(14)16/h2-8,11H,9-10H2,1H3. The van der Waals surface area contributed by atoms with Crippen LogP contribution in [-0.2, 0) is 12.8 Å². The maximum Gasteiger partial charge on any atom is 0.227 e. The monoisotopic (exact) mass is 261 g/mol. The number of rotatable bonds is 0. The van der Waals surface area contributed by atoms with Gasteiger partial charge < -0.3 is 0 Å². The van der Waals surface area contributed by atoms with Gasteiger partial charge in [-0.1, -0.05) is 36.4 Å². The molecule has 0 N–H and O–H groups in total. The van der Waals surface area contributed by atoms with Crippen LogP contribution in [0.25, 0.3) is 22.0 Å². The number of hydrogen-bond donors (Lipinski definition) is 0. The summed E-state index contributed by atoms with van der Waals surface area (Å²) >= 11 is 0. The number of hydrogen-bond acceptors (Lipinski definition) is 1. The average molecular weight is 261 g/mol. The third-order valence-corrected chi connectivity index (χ3v) is 4.23. The highest BCUT2D eigenvalue weighted by Gasteiger charge is 2.20. The summed E-state index contributed by atoms with van der Waals surface area (Å²) in [5.41, 5.74) is 6.20. The molecule has 0 radical (unpaired) electrons. The molecular weight excluding hydrogens is 246 g/mol. The summed E-state index contributed by atoms with van der Waals surface area (Å²) in [4.78, 5) is 11.9. The predicted molar refractivity (Wildman–Crippen MR) is 81.1 cm³/mol. The van der Waals surface area contributed by atoms with E-state index in [1.807, 2.05) is 12.3 Å². The van der Waals surface area contributed by atoms with Crippen molar-refractivity contribution in [1.29, 1.82) is 0 Å². The Labute approximate surface area is 117 Å². The van der Waals surface area contributed by atoms with Gasteiger partial charge in [-0.05, 0) is 35.6 Å². The molecule has 1 heterocycles. The maximum absolute atomic E-state index is 11.9. The van der Waals surface area contributed by atoms with Gasteiger partial charge in [0.15, 0.2) is 0 Å². The zero-order chi connectivity index (χ0) is 13.7. The first kappa shape index (κ1) is 11.5. The number of nitrogens with zero attached hydrogens (tertiary/aromatic N) is 1. The van der Waals surface area contributed by atoms with Gasteiger partial charge in [0.05, 0.1) is 5.52 Å². The fraction of sp³-hybridized carbons (Fsp3) is 0.167. The topological polar surface area (TPSA) is 22.0 Å². The molecule has 0 saturated heterocycles. The molecule has 0 saturated carbocycles. The second-order valence-electron chi connectivity index (χ2n) is 5.40. The van der Waals surface area contributed by atoms with Gasteiger partial charge in [0.2, 0.25) is 5.91 Å². The molecule has 0 aliphatic heterocycles. The Morgan fingerprint density at radius 3 is 2.55 bits per heavy atom. The highest BCUT2D eigenvalue weighted by Crippen LogP contribution is 2.38. The Kier molecular flexibility index (Phi) is 2.34. The van der Waals surface area contributed by atoms with Gasteiger partial charge in [-0.25, -0.2) is 0 Å². The summed E-state index contributed by atoms with van der Waals surface area (Å²) in [5.74, 6) is 0.0662. The second kappa shape index (κ2) is 4.07. The molecule has 4 rings (SSSR count). The largest absolute Gasteiger partial charge is 0.287 e. The number of carbonyl (C=O) groups excluding carboxylic acids is 1. The summed E-state index contributed by atoms with van der Waals surface area (Å²) in [6.45, 7) is 1.62. The van der Waals surface area contributed by atoms with Crippen LogP contribution < -0.4 is 0 Å². The summed E-state index contributed by atoms with van der Waals surface area (Å²) < 4.78 is 1.77. The van der Waals surface area contributed by atoms with Crippen LogP contribution in [0.4, 0.5) is 0 Å². The van der Waals surface area contributed by atoms with Gasteiger partial charge in [-0.2, -0.15) is 0 Å². The van der Waals surface area contributed by atoms with E-state index in [4.69, 9.17) is 0 Å². The molecule has 0 unspecified atom stereocenters. The normalized spacial score (nSPS) is 13.1. The van der Waals surface area contributed by atoms with Crippen molar-refractivity contribution in [3.8, 4) is 11.1 Å². The second-order valence-corrected chi connectivity index (χ2v) is 5.40. The number of fused-ring (bicyclic) bond motifs is 2. The fourth-order valence-corrected chi connectivity index (χ4v) is 3.30. The molecule has 2 aromatic carbocycles. The Morgan fingerprint density at radius 2 is 1.70 bits per heavy atom. The molecule has 98 valence electrons. The number of benzene rings is 2. The summed E-state index contributed by atoms with van der Waals surface area (Å²) in [5, 5.41) is 1.24. The molecule has 1 aliphatic carbocycles. The maximum atomic E-state index is 11.9. The molecule has 0 atom stereocenters. The fourth-order valence-electron chi connectivity index (χ4n) is 3.30. The van der Waals surface area contributed by atoms with Crippen LogP contribution in [0, 0.1) is 0 Å². The van der Waals surface area contributed by atoms with Crippen LogP contribution in [0.15, 0.2) is 48.7 Å². The van der Waals surface area contributed by atoms with Gasteiger partial charge in [-0.3, -0.25) is 9.36 Å². The highest BCUT2D eigenvalue weighted by atomic mass is 16.1. The van der Waals surface area contributed by atoms with E-state index in [0.29, 0.717) is 0 Å². The Bertz CT molecular complexity index is 842. The molecule has 2 heteroatoms. The lowest BCUT2D eigenvalue weighted by atomic mass is 10.0. The van der Waals surface area contributed by atoms with Crippen LogP contribution >= 0.6 is 0 Å². The van der Waals surface area contributed by atoms with Crippen LogP contribution in [0.5, 0.6) is 0 Å². The number of carbonyl (C=O) groups is 1. The van der Waals surface area contributed by atoms with Crippen molar-refractivity contribution in [2.75, 3.05) is 0 Å². The minimum atomic E-state index is 0.0662. The third-order valence-electron chi connectivity index (χ3n) is 4.23.